The van der Waals surface area contributed by atoms with Gasteiger partial charge in [-0.2, -0.15) is 0 Å². The van der Waals surface area contributed by atoms with Gasteiger partial charge in [0.2, 0.25) is 17.7 Å². The van der Waals surface area contributed by atoms with Gasteiger partial charge in [0, 0.05) is 32.1 Å². The molecule has 3 amide bonds. The van der Waals surface area contributed by atoms with Crippen LogP contribution in [-0.4, -0.2) is 65.4 Å². The van der Waals surface area contributed by atoms with Crippen LogP contribution in [0.25, 0.3) is 0 Å². The highest BCUT2D eigenvalue weighted by molar-refractivity contribution is 6.06. The average Bonchev–Trinajstić information content (AvgIpc) is 3.27. The highest BCUT2D eigenvalue weighted by atomic mass is 16.5. The molecule has 2 N–H and O–H groups in total. The standard InChI is InChI=1S/C18H27N3O4/c1-10-4-6-20(11(8-10)9-19)14(22)5-7-21-17(23)15-12-2-3-13(25-12)16(15)18(21)24/h10-13,15-16H,2-9,19H2,1H3. The van der Waals surface area contributed by atoms with Crippen LogP contribution in [0.15, 0.2) is 0 Å². The van der Waals surface area contributed by atoms with Gasteiger partial charge in [-0.15, -0.1) is 0 Å². The molecule has 6 unspecified atom stereocenters. The largest absolute Gasteiger partial charge is 0.373 e. The topological polar surface area (TPSA) is 92.9 Å². The number of ether oxygens (including phenoxy) is 1. The highest BCUT2D eigenvalue weighted by Crippen LogP contribution is 2.48. The lowest BCUT2D eigenvalue weighted by molar-refractivity contribution is -0.143. The van der Waals surface area contributed by atoms with Gasteiger partial charge in [-0.3, -0.25) is 19.3 Å². The Labute approximate surface area is 147 Å². The smallest absolute Gasteiger partial charge is 0.235 e. The molecule has 25 heavy (non-hydrogen) atoms. The molecular formula is C18H27N3O4. The maximum absolute atomic E-state index is 12.6. The van der Waals surface area contributed by atoms with Gasteiger partial charge in [0.05, 0.1) is 24.0 Å². The summed E-state index contributed by atoms with van der Waals surface area (Å²) in [4.78, 5) is 41.0. The molecule has 6 atom stereocenters. The maximum atomic E-state index is 12.6. The van der Waals surface area contributed by atoms with Crippen LogP contribution in [0.4, 0.5) is 0 Å². The molecule has 0 spiro atoms. The summed E-state index contributed by atoms with van der Waals surface area (Å²) in [6.45, 7) is 3.54. The number of imide groups is 1. The van der Waals surface area contributed by atoms with Crippen LogP contribution in [-0.2, 0) is 19.1 Å². The monoisotopic (exact) mass is 349 g/mol. The van der Waals surface area contributed by atoms with Gasteiger partial charge < -0.3 is 15.4 Å². The molecule has 2 bridgehead atoms. The van der Waals surface area contributed by atoms with Crippen molar-refractivity contribution in [1.29, 1.82) is 0 Å². The fraction of sp³-hybridized carbons (Fsp3) is 0.833. The molecule has 7 nitrogen and oxygen atoms in total. The zero-order valence-corrected chi connectivity index (χ0v) is 14.7. The van der Waals surface area contributed by atoms with Crippen LogP contribution in [0, 0.1) is 17.8 Å². The van der Waals surface area contributed by atoms with Gasteiger partial charge in [0.1, 0.15) is 0 Å². The van der Waals surface area contributed by atoms with Gasteiger partial charge in [-0.1, -0.05) is 6.92 Å². The number of fused-ring (bicyclic) bond motifs is 5. The maximum Gasteiger partial charge on any atom is 0.235 e. The van der Waals surface area contributed by atoms with Gasteiger partial charge in [0.25, 0.3) is 0 Å². The summed E-state index contributed by atoms with van der Waals surface area (Å²) in [6.07, 6.45) is 3.62. The summed E-state index contributed by atoms with van der Waals surface area (Å²) in [5.74, 6) is -0.327. The second kappa shape index (κ2) is 6.36. The van der Waals surface area contributed by atoms with E-state index >= 15 is 0 Å². The van der Waals surface area contributed by atoms with Crippen LogP contribution in [0.1, 0.15) is 39.0 Å². The molecule has 0 saturated carbocycles. The summed E-state index contributed by atoms with van der Waals surface area (Å²) in [5.41, 5.74) is 5.83. The van der Waals surface area contributed by atoms with Crippen molar-refractivity contribution in [2.45, 2.75) is 57.3 Å². The molecule has 0 aromatic heterocycles. The van der Waals surface area contributed by atoms with Crippen molar-refractivity contribution in [2.24, 2.45) is 23.5 Å². The fourth-order valence-electron chi connectivity index (χ4n) is 5.15. The van der Waals surface area contributed by atoms with E-state index in [4.69, 9.17) is 10.5 Å². The van der Waals surface area contributed by atoms with Crippen molar-refractivity contribution in [3.8, 4) is 0 Å². The van der Waals surface area contributed by atoms with Gasteiger partial charge in [-0.05, 0) is 31.6 Å². The lowest BCUT2D eigenvalue weighted by Gasteiger charge is -2.38. The first-order valence-corrected chi connectivity index (χ1v) is 9.51. The first kappa shape index (κ1) is 17.0. The van der Waals surface area contributed by atoms with E-state index in [0.717, 1.165) is 25.7 Å². The van der Waals surface area contributed by atoms with Crippen molar-refractivity contribution in [3.63, 3.8) is 0 Å². The van der Waals surface area contributed by atoms with Crippen LogP contribution >= 0.6 is 0 Å². The number of nitrogens with zero attached hydrogens (tertiary/aromatic N) is 2. The molecule has 0 aromatic carbocycles. The Balaban J connectivity index is 1.37. The third-order valence-electron chi connectivity index (χ3n) is 6.50. The Bertz CT molecular complexity index is 567. The van der Waals surface area contributed by atoms with E-state index in [-0.39, 0.29) is 60.8 Å². The molecule has 0 aliphatic carbocycles. The van der Waals surface area contributed by atoms with E-state index in [0.29, 0.717) is 19.0 Å². The second-order valence-electron chi connectivity index (χ2n) is 8.03. The quantitative estimate of drug-likeness (QED) is 0.728. The number of carbonyl (C=O) groups excluding carboxylic acids is 3. The number of nitrogens with two attached hydrogens (primary N) is 1. The number of rotatable bonds is 4. The molecule has 4 aliphatic heterocycles. The van der Waals surface area contributed by atoms with Crippen molar-refractivity contribution < 1.29 is 19.1 Å². The summed E-state index contributed by atoms with van der Waals surface area (Å²) in [6, 6.07) is 0.0739. The van der Waals surface area contributed by atoms with E-state index < -0.39 is 0 Å². The van der Waals surface area contributed by atoms with Crippen LogP contribution < -0.4 is 5.73 Å². The lowest BCUT2D eigenvalue weighted by Crippen LogP contribution is -2.50. The molecule has 4 saturated heterocycles. The van der Waals surface area contributed by atoms with Gasteiger partial charge in [0.15, 0.2) is 0 Å². The van der Waals surface area contributed by atoms with Crippen molar-refractivity contribution in [1.82, 2.24) is 9.80 Å². The Morgan fingerprint density at radius 1 is 1.16 bits per heavy atom. The third-order valence-corrected chi connectivity index (χ3v) is 6.50. The first-order valence-electron chi connectivity index (χ1n) is 9.51. The molecule has 4 fully saturated rings. The van der Waals surface area contributed by atoms with E-state index in [1.807, 2.05) is 4.90 Å². The predicted octanol–water partition coefficient (Wildman–Crippen LogP) is 0.125. The minimum Gasteiger partial charge on any atom is -0.373 e. The van der Waals surface area contributed by atoms with E-state index in [2.05, 4.69) is 6.92 Å². The predicted molar refractivity (Wildman–Crippen MR) is 89.2 cm³/mol. The molecule has 138 valence electrons. The minimum absolute atomic E-state index is 0.000712. The van der Waals surface area contributed by atoms with E-state index in [9.17, 15) is 14.4 Å². The molecule has 0 radical (unpaired) electrons. The Morgan fingerprint density at radius 3 is 2.40 bits per heavy atom. The molecule has 7 heteroatoms. The molecular weight excluding hydrogens is 322 g/mol. The summed E-state index contributed by atoms with van der Waals surface area (Å²) in [7, 11) is 0. The van der Waals surface area contributed by atoms with Crippen LogP contribution in [0.2, 0.25) is 0 Å². The number of likely N-dealkylation sites (tertiary alicyclic amines) is 2. The number of piperidine rings is 1. The summed E-state index contributed by atoms with van der Waals surface area (Å²) in [5, 5.41) is 0. The van der Waals surface area contributed by atoms with Crippen LogP contribution in [0.5, 0.6) is 0 Å². The van der Waals surface area contributed by atoms with Gasteiger partial charge in [-0.25, -0.2) is 0 Å². The van der Waals surface area contributed by atoms with E-state index in [1.165, 1.54) is 4.90 Å². The van der Waals surface area contributed by atoms with Gasteiger partial charge >= 0.3 is 0 Å². The zero-order valence-electron chi connectivity index (χ0n) is 14.7. The molecule has 4 aliphatic rings. The lowest BCUT2D eigenvalue weighted by atomic mass is 9.81. The Hall–Kier alpha value is -1.47. The molecule has 4 heterocycles. The second-order valence-corrected chi connectivity index (χ2v) is 8.03. The zero-order chi connectivity index (χ0) is 17.7. The SMILES string of the molecule is CC1CCN(C(=O)CCN2C(=O)C3C4CCC(O4)C3C2=O)C(CN)C1. The van der Waals surface area contributed by atoms with Crippen molar-refractivity contribution in [2.75, 3.05) is 19.6 Å². The van der Waals surface area contributed by atoms with Crippen molar-refractivity contribution in [3.05, 3.63) is 0 Å². The number of carbonyl (C=O) groups is 3. The Kier molecular flexibility index (Phi) is 4.32. The molecule has 0 aromatic rings. The van der Waals surface area contributed by atoms with E-state index in [1.54, 1.807) is 0 Å². The number of amides is 3. The van der Waals surface area contributed by atoms with Crippen LogP contribution in [0.3, 0.4) is 0 Å². The Morgan fingerprint density at radius 2 is 1.80 bits per heavy atom. The fourth-order valence-corrected chi connectivity index (χ4v) is 5.15. The summed E-state index contributed by atoms with van der Waals surface area (Å²) >= 11 is 0. The molecule has 4 rings (SSSR count). The average molecular weight is 349 g/mol. The minimum atomic E-state index is -0.311. The first-order chi connectivity index (χ1) is 12.0. The number of hydrogen-bond donors (Lipinski definition) is 1. The summed E-state index contributed by atoms with van der Waals surface area (Å²) < 4.78 is 5.73. The van der Waals surface area contributed by atoms with Crippen molar-refractivity contribution >= 4 is 17.7 Å². The number of hydrogen-bond acceptors (Lipinski definition) is 5. The third kappa shape index (κ3) is 2.68. The highest BCUT2D eigenvalue weighted by Gasteiger charge is 2.62. The normalized spacial score (nSPS) is 40.1.